The Morgan fingerprint density at radius 3 is 2.69 bits per heavy atom. The van der Waals surface area contributed by atoms with E-state index in [0.29, 0.717) is 0 Å². The third kappa shape index (κ3) is 5.29. The molecule has 0 spiro atoms. The summed E-state index contributed by atoms with van der Waals surface area (Å²) >= 11 is 0. The van der Waals surface area contributed by atoms with Gasteiger partial charge >= 0.3 is 0 Å². The van der Waals surface area contributed by atoms with Gasteiger partial charge in [-0.2, -0.15) is 0 Å². The Labute approximate surface area is 98.7 Å². The first-order chi connectivity index (χ1) is 7.72. The van der Waals surface area contributed by atoms with Gasteiger partial charge in [-0.15, -0.1) is 0 Å². The fourth-order valence-electron chi connectivity index (χ4n) is 1.71. The molecule has 1 rings (SSSR count). The maximum Gasteiger partial charge on any atom is 0.0681 e. The van der Waals surface area contributed by atoms with E-state index in [0.717, 1.165) is 24.6 Å². The van der Waals surface area contributed by atoms with Gasteiger partial charge in [0.05, 0.1) is 6.61 Å². The summed E-state index contributed by atoms with van der Waals surface area (Å²) in [5, 5.41) is 12.4. The first kappa shape index (κ1) is 13.2. The smallest absolute Gasteiger partial charge is 0.0681 e. The molecule has 2 nitrogen and oxygen atoms in total. The van der Waals surface area contributed by atoms with Gasteiger partial charge in [0.1, 0.15) is 0 Å². The first-order valence-corrected chi connectivity index (χ1v) is 6.11. The molecule has 90 valence electrons. The van der Waals surface area contributed by atoms with E-state index in [9.17, 15) is 0 Å². The fourth-order valence-corrected chi connectivity index (χ4v) is 1.71. The summed E-state index contributed by atoms with van der Waals surface area (Å²) in [4.78, 5) is 0. The molecule has 0 saturated heterocycles. The molecule has 2 N–H and O–H groups in total. The van der Waals surface area contributed by atoms with E-state index in [2.05, 4.69) is 31.3 Å². The number of rotatable bonds is 7. The molecule has 2 heteroatoms. The Hall–Kier alpha value is -0.860. The van der Waals surface area contributed by atoms with Gasteiger partial charge in [0.15, 0.2) is 0 Å². The van der Waals surface area contributed by atoms with Crippen LogP contribution < -0.4 is 5.32 Å². The van der Waals surface area contributed by atoms with Gasteiger partial charge in [0.2, 0.25) is 0 Å². The minimum Gasteiger partial charge on any atom is -0.392 e. The Kier molecular flexibility index (Phi) is 6.12. The van der Waals surface area contributed by atoms with Gasteiger partial charge in [-0.25, -0.2) is 0 Å². The SMILES string of the molecule is CC(C)CCCNCc1cccc(CO)c1. The van der Waals surface area contributed by atoms with Crippen LogP contribution in [-0.4, -0.2) is 11.7 Å². The van der Waals surface area contributed by atoms with Crippen molar-refractivity contribution in [3.05, 3.63) is 35.4 Å². The average Bonchev–Trinajstić information content (AvgIpc) is 2.28. The molecule has 0 amide bonds. The van der Waals surface area contributed by atoms with Crippen LogP contribution in [0, 0.1) is 5.92 Å². The molecule has 0 aliphatic heterocycles. The highest BCUT2D eigenvalue weighted by Crippen LogP contribution is 2.05. The minimum atomic E-state index is 0.126. The molecule has 0 bridgehead atoms. The summed E-state index contributed by atoms with van der Waals surface area (Å²) in [6, 6.07) is 8.09. The highest BCUT2D eigenvalue weighted by Gasteiger charge is 1.96. The van der Waals surface area contributed by atoms with Crippen molar-refractivity contribution in [2.75, 3.05) is 6.54 Å². The molecule has 0 fully saturated rings. The van der Waals surface area contributed by atoms with Crippen molar-refractivity contribution in [2.45, 2.75) is 39.8 Å². The summed E-state index contributed by atoms with van der Waals surface area (Å²) in [5.74, 6) is 0.791. The molecule has 0 aliphatic carbocycles. The third-order valence-corrected chi connectivity index (χ3v) is 2.64. The number of aliphatic hydroxyl groups is 1. The topological polar surface area (TPSA) is 32.3 Å². The van der Waals surface area contributed by atoms with E-state index in [4.69, 9.17) is 5.11 Å². The lowest BCUT2D eigenvalue weighted by atomic mass is 10.1. The van der Waals surface area contributed by atoms with Crippen molar-refractivity contribution < 1.29 is 5.11 Å². The Bertz CT molecular complexity index is 297. The first-order valence-electron chi connectivity index (χ1n) is 6.11. The van der Waals surface area contributed by atoms with E-state index in [-0.39, 0.29) is 6.61 Å². The zero-order valence-electron chi connectivity index (χ0n) is 10.4. The largest absolute Gasteiger partial charge is 0.392 e. The number of aliphatic hydroxyl groups excluding tert-OH is 1. The number of hydrogen-bond donors (Lipinski definition) is 2. The lowest BCUT2D eigenvalue weighted by Gasteiger charge is -2.07. The van der Waals surface area contributed by atoms with Gasteiger partial charge in [-0.05, 0) is 36.4 Å². The Balaban J connectivity index is 2.21. The molecule has 1 aromatic carbocycles. The van der Waals surface area contributed by atoms with Gasteiger partial charge in [0, 0.05) is 6.54 Å². The fraction of sp³-hybridized carbons (Fsp3) is 0.571. The van der Waals surface area contributed by atoms with Crippen molar-refractivity contribution in [3.63, 3.8) is 0 Å². The van der Waals surface area contributed by atoms with E-state index in [1.54, 1.807) is 0 Å². The molecule has 1 aromatic rings. The summed E-state index contributed by atoms with van der Waals surface area (Å²) in [6.45, 7) is 6.60. The Morgan fingerprint density at radius 2 is 2.00 bits per heavy atom. The van der Waals surface area contributed by atoms with Crippen molar-refractivity contribution in [1.29, 1.82) is 0 Å². The third-order valence-electron chi connectivity index (χ3n) is 2.64. The van der Waals surface area contributed by atoms with Crippen molar-refractivity contribution >= 4 is 0 Å². The summed E-state index contributed by atoms with van der Waals surface area (Å²) in [6.07, 6.45) is 2.51. The molecule has 0 saturated carbocycles. The Morgan fingerprint density at radius 1 is 1.25 bits per heavy atom. The summed E-state index contributed by atoms with van der Waals surface area (Å²) in [5.41, 5.74) is 2.23. The number of benzene rings is 1. The standard InChI is InChI=1S/C14H23NO/c1-12(2)5-4-8-15-10-13-6-3-7-14(9-13)11-16/h3,6-7,9,12,15-16H,4-5,8,10-11H2,1-2H3. The molecule has 0 heterocycles. The lowest BCUT2D eigenvalue weighted by molar-refractivity contribution is 0.281. The second-order valence-electron chi connectivity index (χ2n) is 4.69. The van der Waals surface area contributed by atoms with Crippen molar-refractivity contribution in [3.8, 4) is 0 Å². The van der Waals surface area contributed by atoms with E-state index in [1.165, 1.54) is 18.4 Å². The maximum atomic E-state index is 9.01. The second-order valence-corrected chi connectivity index (χ2v) is 4.69. The van der Waals surface area contributed by atoms with E-state index < -0.39 is 0 Å². The molecule has 0 atom stereocenters. The molecule has 0 radical (unpaired) electrons. The van der Waals surface area contributed by atoms with Crippen LogP contribution in [0.5, 0.6) is 0 Å². The quantitative estimate of drug-likeness (QED) is 0.694. The second kappa shape index (κ2) is 7.42. The molecule has 16 heavy (non-hydrogen) atoms. The lowest BCUT2D eigenvalue weighted by Crippen LogP contribution is -2.15. The maximum absolute atomic E-state index is 9.01. The molecule has 0 aliphatic rings. The molecular weight excluding hydrogens is 198 g/mol. The van der Waals surface area contributed by atoms with Crippen LogP contribution in [0.4, 0.5) is 0 Å². The number of hydrogen-bond acceptors (Lipinski definition) is 2. The zero-order chi connectivity index (χ0) is 11.8. The van der Waals surface area contributed by atoms with E-state index >= 15 is 0 Å². The summed E-state index contributed by atoms with van der Waals surface area (Å²) in [7, 11) is 0. The molecule has 0 unspecified atom stereocenters. The van der Waals surface area contributed by atoms with Crippen molar-refractivity contribution in [2.24, 2.45) is 5.92 Å². The van der Waals surface area contributed by atoms with Crippen LogP contribution in [0.3, 0.4) is 0 Å². The summed E-state index contributed by atoms with van der Waals surface area (Å²) < 4.78 is 0. The zero-order valence-corrected chi connectivity index (χ0v) is 10.4. The van der Waals surface area contributed by atoms with Crippen molar-refractivity contribution in [1.82, 2.24) is 5.32 Å². The van der Waals surface area contributed by atoms with Crippen LogP contribution in [0.25, 0.3) is 0 Å². The van der Waals surface area contributed by atoms with Crippen LogP contribution in [0.1, 0.15) is 37.8 Å². The normalized spacial score (nSPS) is 11.0. The molecule has 0 aromatic heterocycles. The van der Waals surface area contributed by atoms with Gasteiger partial charge < -0.3 is 10.4 Å². The van der Waals surface area contributed by atoms with Gasteiger partial charge in [0.25, 0.3) is 0 Å². The molecular formula is C14H23NO. The van der Waals surface area contributed by atoms with Gasteiger partial charge in [-0.1, -0.05) is 38.1 Å². The predicted octanol–water partition coefficient (Wildman–Crippen LogP) is 2.70. The van der Waals surface area contributed by atoms with Crippen LogP contribution >= 0.6 is 0 Å². The number of nitrogens with one attached hydrogen (secondary N) is 1. The average molecular weight is 221 g/mol. The monoisotopic (exact) mass is 221 g/mol. The van der Waals surface area contributed by atoms with E-state index in [1.807, 2.05) is 12.1 Å². The minimum absolute atomic E-state index is 0.126. The van der Waals surface area contributed by atoms with Gasteiger partial charge in [-0.3, -0.25) is 0 Å². The predicted molar refractivity (Wildman–Crippen MR) is 68.1 cm³/mol. The highest BCUT2D eigenvalue weighted by molar-refractivity contribution is 5.22. The highest BCUT2D eigenvalue weighted by atomic mass is 16.3. The van der Waals surface area contributed by atoms with Crippen LogP contribution in [-0.2, 0) is 13.2 Å². The van der Waals surface area contributed by atoms with Crippen LogP contribution in [0.2, 0.25) is 0 Å². The van der Waals surface area contributed by atoms with Crippen LogP contribution in [0.15, 0.2) is 24.3 Å².